The van der Waals surface area contributed by atoms with Crippen LogP contribution in [0.25, 0.3) is 5.69 Å². The number of carbonyl (C=O) groups excluding carboxylic acids is 3. The second-order valence-electron chi connectivity index (χ2n) is 5.55. The fourth-order valence-electron chi connectivity index (χ4n) is 2.52. The first-order chi connectivity index (χ1) is 12.5. The Morgan fingerprint density at radius 2 is 2.19 bits per heavy atom. The van der Waals surface area contributed by atoms with Gasteiger partial charge in [-0.15, -0.1) is 0 Å². The number of thioether (sulfide) groups is 1. The van der Waals surface area contributed by atoms with Gasteiger partial charge in [0.25, 0.3) is 5.91 Å². The molecule has 2 amide bonds. The quantitative estimate of drug-likeness (QED) is 0.564. The van der Waals surface area contributed by atoms with Crippen molar-refractivity contribution in [2.45, 2.75) is 18.0 Å². The summed E-state index contributed by atoms with van der Waals surface area (Å²) in [6.45, 7) is -0.0848. The van der Waals surface area contributed by atoms with Crippen molar-refractivity contribution in [2.24, 2.45) is 0 Å². The summed E-state index contributed by atoms with van der Waals surface area (Å²) in [6.07, 6.45) is 4.18. The van der Waals surface area contributed by atoms with Gasteiger partial charge in [0.1, 0.15) is 5.82 Å². The number of rotatable bonds is 6. The van der Waals surface area contributed by atoms with Gasteiger partial charge in [-0.2, -0.15) is 0 Å². The van der Waals surface area contributed by atoms with E-state index in [9.17, 15) is 18.8 Å². The number of aromatic nitrogens is 2. The van der Waals surface area contributed by atoms with E-state index in [1.165, 1.54) is 12.1 Å². The summed E-state index contributed by atoms with van der Waals surface area (Å²) >= 11 is 1.11. The highest BCUT2D eigenvalue weighted by molar-refractivity contribution is 7.99. The highest BCUT2D eigenvalue weighted by Gasteiger charge is 2.27. The van der Waals surface area contributed by atoms with E-state index >= 15 is 0 Å². The molecule has 136 valence electrons. The lowest BCUT2D eigenvalue weighted by molar-refractivity contribution is -0.153. The van der Waals surface area contributed by atoms with Gasteiger partial charge >= 0.3 is 5.97 Å². The van der Waals surface area contributed by atoms with Crippen LogP contribution >= 0.6 is 11.8 Å². The molecule has 0 atom stereocenters. The normalized spacial score (nSPS) is 13.9. The molecule has 0 radical (unpaired) electrons. The number of carbonyl (C=O) groups is 3. The van der Waals surface area contributed by atoms with Crippen LogP contribution in [0.5, 0.6) is 0 Å². The maximum Gasteiger partial charge on any atom is 0.316 e. The fraction of sp³-hybridized carbons (Fsp3) is 0.294. The van der Waals surface area contributed by atoms with Gasteiger partial charge in [-0.1, -0.05) is 17.8 Å². The predicted octanol–water partition coefficient (Wildman–Crippen LogP) is 1.80. The minimum Gasteiger partial charge on any atom is -0.455 e. The van der Waals surface area contributed by atoms with Crippen molar-refractivity contribution >= 4 is 29.5 Å². The molecule has 2 aromatic rings. The molecule has 0 bridgehead atoms. The maximum absolute atomic E-state index is 13.4. The maximum atomic E-state index is 13.4. The average Bonchev–Trinajstić information content (AvgIpc) is 3.26. The molecule has 2 heterocycles. The largest absolute Gasteiger partial charge is 0.455 e. The van der Waals surface area contributed by atoms with E-state index in [4.69, 9.17) is 4.74 Å². The summed E-state index contributed by atoms with van der Waals surface area (Å²) < 4.78 is 19.9. The van der Waals surface area contributed by atoms with Crippen molar-refractivity contribution in [3.8, 4) is 5.69 Å². The van der Waals surface area contributed by atoms with E-state index in [0.717, 1.165) is 16.7 Å². The molecule has 0 spiro atoms. The van der Waals surface area contributed by atoms with Gasteiger partial charge in [-0.3, -0.25) is 23.9 Å². The number of halogens is 1. The number of nitrogens with zero attached hydrogens (tertiary/aromatic N) is 3. The number of hydrogen-bond acceptors (Lipinski definition) is 6. The summed E-state index contributed by atoms with van der Waals surface area (Å²) in [5.41, 5.74) is 0.584. The first-order valence-corrected chi connectivity index (χ1v) is 8.94. The Labute approximate surface area is 153 Å². The standard InChI is InChI=1S/C17H16FN3O4S/c18-12-3-1-4-13(9-12)20-8-6-19-17(20)26-11-16(24)25-10-15(23)21-7-2-5-14(21)22/h1,3-4,6,8-9H,2,5,7,10-11H2. The number of esters is 1. The fourth-order valence-corrected chi connectivity index (χ4v) is 3.29. The minimum absolute atomic E-state index is 0.0619. The van der Waals surface area contributed by atoms with Gasteiger partial charge in [0.15, 0.2) is 11.8 Å². The lowest BCUT2D eigenvalue weighted by Crippen LogP contribution is -2.35. The van der Waals surface area contributed by atoms with Gasteiger partial charge in [0.2, 0.25) is 5.91 Å². The SMILES string of the molecule is O=C(CSc1nccn1-c1cccc(F)c1)OCC(=O)N1CCCC1=O. The molecule has 1 fully saturated rings. The monoisotopic (exact) mass is 377 g/mol. The Hall–Kier alpha value is -2.68. The highest BCUT2D eigenvalue weighted by Crippen LogP contribution is 2.21. The number of amides is 2. The number of ether oxygens (including phenoxy) is 1. The van der Waals surface area contributed by atoms with Crippen molar-refractivity contribution < 1.29 is 23.5 Å². The van der Waals surface area contributed by atoms with Crippen LogP contribution in [0.15, 0.2) is 41.8 Å². The van der Waals surface area contributed by atoms with Crippen LogP contribution in [-0.4, -0.2) is 51.1 Å². The zero-order chi connectivity index (χ0) is 18.5. The first kappa shape index (κ1) is 18.1. The summed E-state index contributed by atoms with van der Waals surface area (Å²) in [6, 6.07) is 6.00. The third kappa shape index (κ3) is 4.29. The van der Waals surface area contributed by atoms with Crippen LogP contribution in [0.4, 0.5) is 4.39 Å². The summed E-state index contributed by atoms with van der Waals surface area (Å²) in [7, 11) is 0. The van der Waals surface area contributed by atoms with E-state index in [0.29, 0.717) is 30.2 Å². The van der Waals surface area contributed by atoms with Crippen molar-refractivity contribution in [3.63, 3.8) is 0 Å². The molecule has 3 rings (SSSR count). The molecule has 26 heavy (non-hydrogen) atoms. The van der Waals surface area contributed by atoms with Gasteiger partial charge < -0.3 is 4.74 Å². The molecule has 9 heteroatoms. The Balaban J connectivity index is 1.52. The topological polar surface area (TPSA) is 81.5 Å². The van der Waals surface area contributed by atoms with Crippen molar-refractivity contribution in [3.05, 3.63) is 42.5 Å². The second-order valence-corrected chi connectivity index (χ2v) is 6.49. The molecule has 0 saturated carbocycles. The van der Waals surface area contributed by atoms with Gasteiger partial charge in [-0.05, 0) is 24.6 Å². The lowest BCUT2D eigenvalue weighted by Gasteiger charge is -2.13. The number of imide groups is 1. The molecule has 1 aromatic heterocycles. The summed E-state index contributed by atoms with van der Waals surface area (Å²) in [5.74, 6) is -1.77. The molecular weight excluding hydrogens is 361 g/mol. The number of imidazole rings is 1. The molecular formula is C17H16FN3O4S. The predicted molar refractivity (Wildman–Crippen MR) is 91.2 cm³/mol. The third-order valence-electron chi connectivity index (χ3n) is 3.74. The van der Waals surface area contributed by atoms with Crippen LogP contribution in [0, 0.1) is 5.82 Å². The summed E-state index contributed by atoms with van der Waals surface area (Å²) in [4.78, 5) is 40.4. The van der Waals surface area contributed by atoms with Gasteiger partial charge in [0, 0.05) is 25.4 Å². The van der Waals surface area contributed by atoms with Crippen LogP contribution in [0.3, 0.4) is 0 Å². The smallest absolute Gasteiger partial charge is 0.316 e. The van der Waals surface area contributed by atoms with E-state index in [1.54, 1.807) is 29.1 Å². The number of hydrogen-bond donors (Lipinski definition) is 0. The van der Waals surface area contributed by atoms with E-state index in [2.05, 4.69) is 4.98 Å². The number of benzene rings is 1. The molecule has 0 N–H and O–H groups in total. The van der Waals surface area contributed by atoms with Crippen LogP contribution in [0.2, 0.25) is 0 Å². The number of likely N-dealkylation sites (tertiary alicyclic amines) is 1. The minimum atomic E-state index is -0.594. The van der Waals surface area contributed by atoms with Crippen molar-refractivity contribution in [2.75, 3.05) is 18.9 Å². The molecule has 1 aliphatic heterocycles. The molecule has 7 nitrogen and oxygen atoms in total. The Morgan fingerprint density at radius 3 is 2.92 bits per heavy atom. The van der Waals surface area contributed by atoms with E-state index in [1.807, 2.05) is 0 Å². The Bertz CT molecular complexity index is 839. The molecule has 1 aromatic carbocycles. The van der Waals surface area contributed by atoms with Crippen LogP contribution in [0.1, 0.15) is 12.8 Å². The van der Waals surface area contributed by atoms with E-state index < -0.39 is 18.5 Å². The highest BCUT2D eigenvalue weighted by atomic mass is 32.2. The third-order valence-corrected chi connectivity index (χ3v) is 4.68. The Kier molecular flexibility index (Phi) is 5.67. The van der Waals surface area contributed by atoms with Crippen LogP contribution < -0.4 is 0 Å². The van der Waals surface area contributed by atoms with Crippen LogP contribution in [-0.2, 0) is 19.1 Å². The summed E-state index contributed by atoms with van der Waals surface area (Å²) in [5, 5.41) is 0.494. The van der Waals surface area contributed by atoms with Gasteiger partial charge in [0.05, 0.1) is 11.4 Å². The average molecular weight is 377 g/mol. The van der Waals surface area contributed by atoms with Gasteiger partial charge in [-0.25, -0.2) is 9.37 Å². The zero-order valence-electron chi connectivity index (χ0n) is 13.8. The second kappa shape index (κ2) is 8.13. The van der Waals surface area contributed by atoms with Crippen molar-refractivity contribution in [1.29, 1.82) is 0 Å². The molecule has 0 unspecified atom stereocenters. The van der Waals surface area contributed by atoms with Crippen molar-refractivity contribution in [1.82, 2.24) is 14.5 Å². The first-order valence-electron chi connectivity index (χ1n) is 7.95. The zero-order valence-corrected chi connectivity index (χ0v) is 14.6. The lowest BCUT2D eigenvalue weighted by atomic mass is 10.3. The molecule has 0 aliphatic carbocycles. The molecule has 1 aliphatic rings. The Morgan fingerprint density at radius 1 is 1.35 bits per heavy atom. The molecule has 1 saturated heterocycles. The van der Waals surface area contributed by atoms with E-state index in [-0.39, 0.29) is 17.5 Å².